The molecule has 1 saturated carbocycles. The lowest BCUT2D eigenvalue weighted by molar-refractivity contribution is -0.0161. The zero-order chi connectivity index (χ0) is 14.8. The van der Waals surface area contributed by atoms with Crippen molar-refractivity contribution in [1.82, 2.24) is 14.5 Å². The Morgan fingerprint density at radius 1 is 1.19 bits per heavy atom. The molecule has 118 valence electrons. The van der Waals surface area contributed by atoms with Crippen molar-refractivity contribution in [3.05, 3.63) is 17.2 Å². The Morgan fingerprint density at radius 2 is 2.00 bits per heavy atom. The van der Waals surface area contributed by atoms with Crippen LogP contribution in [0.1, 0.15) is 49.8 Å². The van der Waals surface area contributed by atoms with Gasteiger partial charge in [-0.25, -0.2) is 4.98 Å². The van der Waals surface area contributed by atoms with Crippen molar-refractivity contribution in [2.75, 3.05) is 19.7 Å². The van der Waals surface area contributed by atoms with Gasteiger partial charge in [0.1, 0.15) is 5.82 Å². The molecule has 1 aliphatic carbocycles. The highest BCUT2D eigenvalue weighted by atomic mass is 16.5. The number of ether oxygens (including phenoxy) is 1. The number of hydrogen-bond donors (Lipinski definition) is 0. The molecule has 0 unspecified atom stereocenters. The number of aryl methyl sites for hydroxylation is 1. The second-order valence-electron chi connectivity index (χ2n) is 6.80. The topological polar surface area (TPSA) is 30.3 Å². The summed E-state index contributed by atoms with van der Waals surface area (Å²) in [6.45, 7) is 11.7. The number of fused-ring (bicyclic) bond motifs is 1. The molecule has 1 aromatic heterocycles. The van der Waals surface area contributed by atoms with Crippen LogP contribution < -0.4 is 0 Å². The van der Waals surface area contributed by atoms with Gasteiger partial charge >= 0.3 is 0 Å². The zero-order valence-electron chi connectivity index (χ0n) is 13.8. The van der Waals surface area contributed by atoms with Crippen LogP contribution in [-0.4, -0.2) is 40.3 Å². The van der Waals surface area contributed by atoms with E-state index < -0.39 is 0 Å². The van der Waals surface area contributed by atoms with Crippen molar-refractivity contribution in [1.29, 1.82) is 0 Å². The molecule has 2 heterocycles. The summed E-state index contributed by atoms with van der Waals surface area (Å²) in [6, 6.07) is 0. The van der Waals surface area contributed by atoms with E-state index in [-0.39, 0.29) is 0 Å². The average Bonchev–Trinajstić information content (AvgIpc) is 2.76. The van der Waals surface area contributed by atoms with E-state index in [1.807, 2.05) is 0 Å². The molecule has 1 aromatic rings. The summed E-state index contributed by atoms with van der Waals surface area (Å²) in [5.74, 6) is 1.96. The Labute approximate surface area is 128 Å². The minimum atomic E-state index is 0.495. The maximum atomic E-state index is 6.15. The molecule has 3 rings (SSSR count). The lowest BCUT2D eigenvalue weighted by atomic mass is 9.88. The molecule has 0 aromatic carbocycles. The third-order valence-electron chi connectivity index (χ3n) is 5.31. The molecule has 0 spiro atoms. The van der Waals surface area contributed by atoms with Gasteiger partial charge in [0.15, 0.2) is 0 Å². The first-order valence-electron chi connectivity index (χ1n) is 8.51. The third kappa shape index (κ3) is 3.32. The predicted octanol–water partition coefficient (Wildman–Crippen LogP) is 2.91. The first-order chi connectivity index (χ1) is 10.1. The standard InChI is InChI=1S/C17H29N3O/c1-13-6-4-5-7-16(13)21-11-10-19-8-9-20-15(3)14(2)18-17(20)12-19/h13,16H,4-12H2,1-3H3/t13-,16-/m1/s1. The molecular formula is C17H29N3O. The van der Waals surface area contributed by atoms with Crippen LogP contribution in [0.15, 0.2) is 0 Å². The van der Waals surface area contributed by atoms with Crippen LogP contribution in [0.5, 0.6) is 0 Å². The van der Waals surface area contributed by atoms with Crippen LogP contribution in [0.2, 0.25) is 0 Å². The maximum Gasteiger partial charge on any atom is 0.123 e. The minimum Gasteiger partial charge on any atom is -0.377 e. The normalized spacial score (nSPS) is 26.8. The van der Waals surface area contributed by atoms with E-state index in [4.69, 9.17) is 9.72 Å². The molecule has 21 heavy (non-hydrogen) atoms. The summed E-state index contributed by atoms with van der Waals surface area (Å²) in [4.78, 5) is 7.17. The smallest absolute Gasteiger partial charge is 0.123 e. The molecule has 0 saturated heterocycles. The van der Waals surface area contributed by atoms with Crippen molar-refractivity contribution < 1.29 is 4.74 Å². The Kier molecular flexibility index (Phi) is 4.65. The lowest BCUT2D eigenvalue weighted by Crippen LogP contribution is -2.37. The molecule has 0 radical (unpaired) electrons. The van der Waals surface area contributed by atoms with Gasteiger partial charge in [0.2, 0.25) is 0 Å². The first-order valence-corrected chi connectivity index (χ1v) is 8.51. The second-order valence-corrected chi connectivity index (χ2v) is 6.80. The summed E-state index contributed by atoms with van der Waals surface area (Å²) in [5, 5.41) is 0. The molecule has 2 atom stereocenters. The first kappa shape index (κ1) is 15.0. The van der Waals surface area contributed by atoms with E-state index in [0.717, 1.165) is 38.7 Å². The van der Waals surface area contributed by atoms with Gasteiger partial charge in [-0.1, -0.05) is 19.8 Å². The predicted molar refractivity (Wildman–Crippen MR) is 84.4 cm³/mol. The maximum absolute atomic E-state index is 6.15. The largest absolute Gasteiger partial charge is 0.377 e. The average molecular weight is 291 g/mol. The number of nitrogens with zero attached hydrogens (tertiary/aromatic N) is 3. The van der Waals surface area contributed by atoms with E-state index in [2.05, 4.69) is 30.2 Å². The third-order valence-corrected chi connectivity index (χ3v) is 5.31. The van der Waals surface area contributed by atoms with Gasteiger partial charge in [-0.3, -0.25) is 4.90 Å². The quantitative estimate of drug-likeness (QED) is 0.854. The molecule has 1 aliphatic heterocycles. The minimum absolute atomic E-state index is 0.495. The van der Waals surface area contributed by atoms with Gasteiger partial charge in [0.25, 0.3) is 0 Å². The number of hydrogen-bond acceptors (Lipinski definition) is 3. The van der Waals surface area contributed by atoms with Crippen LogP contribution in [0.25, 0.3) is 0 Å². The Balaban J connectivity index is 1.47. The van der Waals surface area contributed by atoms with E-state index >= 15 is 0 Å². The molecule has 4 nitrogen and oxygen atoms in total. The van der Waals surface area contributed by atoms with Crippen LogP contribution in [0, 0.1) is 19.8 Å². The van der Waals surface area contributed by atoms with Crippen LogP contribution in [-0.2, 0) is 17.8 Å². The Hall–Kier alpha value is -0.870. The molecular weight excluding hydrogens is 262 g/mol. The highest BCUT2D eigenvalue weighted by Gasteiger charge is 2.23. The van der Waals surface area contributed by atoms with E-state index in [0.29, 0.717) is 6.10 Å². The Morgan fingerprint density at radius 3 is 2.81 bits per heavy atom. The molecule has 0 N–H and O–H groups in total. The van der Waals surface area contributed by atoms with Gasteiger partial charge in [-0.2, -0.15) is 0 Å². The van der Waals surface area contributed by atoms with Crippen molar-refractivity contribution in [3.8, 4) is 0 Å². The summed E-state index contributed by atoms with van der Waals surface area (Å²) in [5.41, 5.74) is 2.51. The fourth-order valence-corrected chi connectivity index (χ4v) is 3.72. The summed E-state index contributed by atoms with van der Waals surface area (Å²) in [6.07, 6.45) is 5.81. The van der Waals surface area contributed by atoms with Crippen molar-refractivity contribution in [2.24, 2.45) is 5.92 Å². The summed E-state index contributed by atoms with van der Waals surface area (Å²) in [7, 11) is 0. The van der Waals surface area contributed by atoms with Crippen molar-refractivity contribution in [2.45, 2.75) is 65.6 Å². The molecule has 0 amide bonds. The van der Waals surface area contributed by atoms with Gasteiger partial charge < -0.3 is 9.30 Å². The fraction of sp³-hybridized carbons (Fsp3) is 0.824. The van der Waals surface area contributed by atoms with Gasteiger partial charge in [-0.05, 0) is 32.6 Å². The van der Waals surface area contributed by atoms with Gasteiger partial charge in [0.05, 0.1) is 24.9 Å². The van der Waals surface area contributed by atoms with Crippen LogP contribution in [0.4, 0.5) is 0 Å². The highest BCUT2D eigenvalue weighted by molar-refractivity contribution is 5.15. The van der Waals surface area contributed by atoms with Crippen molar-refractivity contribution >= 4 is 0 Å². The summed E-state index contributed by atoms with van der Waals surface area (Å²) >= 11 is 0. The van der Waals surface area contributed by atoms with Crippen LogP contribution in [0.3, 0.4) is 0 Å². The second kappa shape index (κ2) is 6.49. The summed E-state index contributed by atoms with van der Waals surface area (Å²) < 4.78 is 8.52. The molecule has 2 aliphatic rings. The number of rotatable bonds is 4. The number of imidazole rings is 1. The number of aromatic nitrogens is 2. The highest BCUT2D eigenvalue weighted by Crippen LogP contribution is 2.26. The zero-order valence-corrected chi connectivity index (χ0v) is 13.8. The monoisotopic (exact) mass is 291 g/mol. The lowest BCUT2D eigenvalue weighted by Gasteiger charge is -2.31. The fourth-order valence-electron chi connectivity index (χ4n) is 3.72. The SMILES string of the molecule is Cc1nc2n(c1C)CCN(CCO[C@@H]1CCCC[C@H]1C)C2. The van der Waals surface area contributed by atoms with E-state index in [1.54, 1.807) is 0 Å². The van der Waals surface area contributed by atoms with E-state index in [9.17, 15) is 0 Å². The van der Waals surface area contributed by atoms with Gasteiger partial charge in [-0.15, -0.1) is 0 Å². The molecule has 0 bridgehead atoms. The van der Waals surface area contributed by atoms with Crippen LogP contribution >= 0.6 is 0 Å². The molecule has 1 fully saturated rings. The van der Waals surface area contributed by atoms with Crippen molar-refractivity contribution in [3.63, 3.8) is 0 Å². The molecule has 4 heteroatoms. The van der Waals surface area contributed by atoms with E-state index in [1.165, 1.54) is 42.9 Å². The Bertz CT molecular complexity index is 483. The van der Waals surface area contributed by atoms with Gasteiger partial charge in [0, 0.05) is 25.3 Å².